The number of aliphatic hydroxyl groups excluding tert-OH is 2. The molecule has 0 aliphatic rings. The van der Waals surface area contributed by atoms with Gasteiger partial charge in [0, 0.05) is 18.1 Å². The van der Waals surface area contributed by atoms with E-state index in [0.717, 1.165) is 49.5 Å². The van der Waals surface area contributed by atoms with Gasteiger partial charge in [-0.2, -0.15) is 0 Å². The molecule has 0 amide bonds. The molecule has 0 bridgehead atoms. The van der Waals surface area contributed by atoms with Crippen molar-refractivity contribution in [3.63, 3.8) is 0 Å². The highest BCUT2D eigenvalue weighted by Crippen LogP contribution is 2.41. The van der Waals surface area contributed by atoms with Gasteiger partial charge in [-0.3, -0.25) is 9.59 Å². The Bertz CT molecular complexity index is 1260. The van der Waals surface area contributed by atoms with Gasteiger partial charge in [0.1, 0.15) is 0 Å². The molecular weight excluding hydrogens is 484 g/mol. The summed E-state index contributed by atoms with van der Waals surface area (Å²) in [6, 6.07) is 20.8. The summed E-state index contributed by atoms with van der Waals surface area (Å²) < 4.78 is 0. The Morgan fingerprint density at radius 2 is 1.46 bits per heavy atom. The summed E-state index contributed by atoms with van der Waals surface area (Å²) in [6.07, 6.45) is 3.63. The molecule has 0 saturated heterocycles. The highest BCUT2D eigenvalue weighted by atomic mass is 16.3. The second-order valence-corrected chi connectivity index (χ2v) is 11.4. The van der Waals surface area contributed by atoms with Crippen molar-refractivity contribution < 1.29 is 19.8 Å². The molecule has 0 spiro atoms. The van der Waals surface area contributed by atoms with Crippen molar-refractivity contribution in [1.29, 1.82) is 0 Å². The van der Waals surface area contributed by atoms with Crippen LogP contribution in [0.25, 0.3) is 11.1 Å². The fourth-order valence-electron chi connectivity index (χ4n) is 5.43. The van der Waals surface area contributed by atoms with E-state index in [2.05, 4.69) is 84.9 Å². The summed E-state index contributed by atoms with van der Waals surface area (Å²) in [5, 5.41) is 17.5. The molecule has 1 atom stereocenters. The van der Waals surface area contributed by atoms with Crippen molar-refractivity contribution in [1.82, 2.24) is 0 Å². The third kappa shape index (κ3) is 7.32. The molecule has 3 aromatic rings. The summed E-state index contributed by atoms with van der Waals surface area (Å²) in [5.74, 6) is -0.501. The summed E-state index contributed by atoms with van der Waals surface area (Å²) in [5.41, 5.74) is 8.52. The second-order valence-electron chi connectivity index (χ2n) is 11.4. The third-order valence-corrected chi connectivity index (χ3v) is 8.13. The molecule has 4 heteroatoms. The zero-order valence-electron chi connectivity index (χ0n) is 25.0. The molecule has 3 rings (SSSR count). The van der Waals surface area contributed by atoms with E-state index in [9.17, 15) is 14.7 Å². The Balaban J connectivity index is 0.00000260. The smallest absolute Gasteiger partial charge is 0.225 e. The number of hydrogen-bond acceptors (Lipinski definition) is 4. The minimum Gasteiger partial charge on any atom is -0.400 e. The van der Waals surface area contributed by atoms with E-state index in [0.29, 0.717) is 11.8 Å². The molecule has 39 heavy (non-hydrogen) atoms. The van der Waals surface area contributed by atoms with Gasteiger partial charge in [-0.25, -0.2) is 0 Å². The second kappa shape index (κ2) is 13.8. The van der Waals surface area contributed by atoms with Gasteiger partial charge >= 0.3 is 0 Å². The first kappa shape index (κ1) is 32.1. The number of aryl methyl sites for hydroxylation is 3. The van der Waals surface area contributed by atoms with E-state index in [1.165, 1.54) is 22.3 Å². The lowest BCUT2D eigenvalue weighted by atomic mass is 9.69. The van der Waals surface area contributed by atoms with Crippen LogP contribution in [-0.4, -0.2) is 35.5 Å². The molecule has 0 heterocycles. The van der Waals surface area contributed by atoms with Gasteiger partial charge in [0.05, 0.1) is 6.10 Å². The highest BCUT2D eigenvalue weighted by molar-refractivity contribution is 6.33. The van der Waals surface area contributed by atoms with Crippen molar-refractivity contribution in [3.05, 3.63) is 94.0 Å². The van der Waals surface area contributed by atoms with Crippen molar-refractivity contribution in [2.24, 2.45) is 5.41 Å². The number of benzene rings is 3. The quantitative estimate of drug-likeness (QED) is 0.163. The lowest BCUT2D eigenvalue weighted by Crippen LogP contribution is -2.27. The number of ketones is 1. The van der Waals surface area contributed by atoms with E-state index >= 15 is 0 Å². The number of rotatable bonds is 10. The number of carbonyl (C=O) groups is 2. The van der Waals surface area contributed by atoms with Gasteiger partial charge in [-0.15, -0.1) is 0 Å². The summed E-state index contributed by atoms with van der Waals surface area (Å²) in [6.45, 7) is 15.0. The zero-order chi connectivity index (χ0) is 29.4. The summed E-state index contributed by atoms with van der Waals surface area (Å²) in [4.78, 5) is 22.9. The molecule has 0 saturated carbocycles. The van der Waals surface area contributed by atoms with Crippen molar-refractivity contribution in [3.8, 4) is 11.1 Å². The van der Waals surface area contributed by atoms with E-state index in [-0.39, 0.29) is 16.9 Å². The molecule has 210 valence electrons. The molecule has 0 aromatic heterocycles. The summed E-state index contributed by atoms with van der Waals surface area (Å²) in [7, 11) is 1.00. The van der Waals surface area contributed by atoms with Crippen LogP contribution >= 0.6 is 0 Å². The van der Waals surface area contributed by atoms with Crippen LogP contribution in [0.15, 0.2) is 60.7 Å². The van der Waals surface area contributed by atoms with Crippen LogP contribution in [0.1, 0.15) is 92.1 Å². The van der Waals surface area contributed by atoms with Crippen LogP contribution in [0, 0.1) is 19.3 Å². The van der Waals surface area contributed by atoms with Crippen LogP contribution < -0.4 is 0 Å². The standard InChI is InChI=1S/C34H42O3.CH4O/c1-8-34(9-2,28-15-13-25(23(3)19-28)14-18-32(37)33(5,6)7)29-16-17-30(24(4)20-29)26-11-10-12-27(21-26)31(36)22-35;1-2/h10-13,15-17,19-22,32,37H,8-9,14,18H2,1-7H3;2H,1H3. The van der Waals surface area contributed by atoms with Gasteiger partial charge in [0.15, 0.2) is 6.29 Å². The lowest BCUT2D eigenvalue weighted by Gasteiger charge is -2.34. The predicted octanol–water partition coefficient (Wildman–Crippen LogP) is 7.41. The molecule has 4 nitrogen and oxygen atoms in total. The number of aldehydes is 1. The molecular formula is C35H46O4. The normalized spacial score (nSPS) is 12.4. The van der Waals surface area contributed by atoms with Crippen molar-refractivity contribution in [2.75, 3.05) is 7.11 Å². The van der Waals surface area contributed by atoms with Gasteiger partial charge in [-0.1, -0.05) is 89.2 Å². The molecule has 3 aromatic carbocycles. The fraction of sp³-hybridized carbons (Fsp3) is 0.429. The minimum absolute atomic E-state index is 0.104. The average Bonchev–Trinajstić information content (AvgIpc) is 2.93. The monoisotopic (exact) mass is 530 g/mol. The van der Waals surface area contributed by atoms with Crippen molar-refractivity contribution in [2.45, 2.75) is 85.7 Å². The fourth-order valence-corrected chi connectivity index (χ4v) is 5.43. The largest absolute Gasteiger partial charge is 0.400 e. The first-order valence-electron chi connectivity index (χ1n) is 13.9. The topological polar surface area (TPSA) is 74.6 Å². The first-order chi connectivity index (χ1) is 18.5. The molecule has 0 aliphatic carbocycles. The Hall–Kier alpha value is -3.08. The number of Topliss-reactive ketones (excluding diaryl/α,β-unsaturated/α-hetero) is 1. The van der Waals surface area contributed by atoms with Crippen LogP contribution in [-0.2, 0) is 16.6 Å². The molecule has 0 aliphatic heterocycles. The summed E-state index contributed by atoms with van der Waals surface area (Å²) >= 11 is 0. The first-order valence-corrected chi connectivity index (χ1v) is 13.9. The van der Waals surface area contributed by atoms with Crippen LogP contribution in [0.5, 0.6) is 0 Å². The highest BCUT2D eigenvalue weighted by Gasteiger charge is 2.31. The third-order valence-electron chi connectivity index (χ3n) is 8.13. The van der Waals surface area contributed by atoms with E-state index in [1.807, 2.05) is 12.1 Å². The number of carbonyl (C=O) groups excluding carboxylic acids is 2. The number of aliphatic hydroxyl groups is 2. The average molecular weight is 531 g/mol. The predicted molar refractivity (Wildman–Crippen MR) is 161 cm³/mol. The SMILES string of the molecule is CCC(CC)(c1ccc(CCC(O)C(C)(C)C)c(C)c1)c1ccc(-c2cccc(C(=O)C=O)c2)c(C)c1.CO. The van der Waals surface area contributed by atoms with Gasteiger partial charge < -0.3 is 10.2 Å². The van der Waals surface area contributed by atoms with Crippen LogP contribution in [0.4, 0.5) is 0 Å². The molecule has 0 fully saturated rings. The van der Waals surface area contributed by atoms with Gasteiger partial charge in [0.2, 0.25) is 5.78 Å². The van der Waals surface area contributed by atoms with Crippen LogP contribution in [0.3, 0.4) is 0 Å². The van der Waals surface area contributed by atoms with Crippen LogP contribution in [0.2, 0.25) is 0 Å². The van der Waals surface area contributed by atoms with E-state index in [1.54, 1.807) is 12.1 Å². The Kier molecular flexibility index (Phi) is 11.4. The molecule has 1 unspecified atom stereocenters. The Morgan fingerprint density at radius 3 is 1.97 bits per heavy atom. The lowest BCUT2D eigenvalue weighted by molar-refractivity contribution is -0.104. The molecule has 2 N–H and O–H groups in total. The van der Waals surface area contributed by atoms with Gasteiger partial charge in [0.25, 0.3) is 0 Å². The maximum atomic E-state index is 11.9. The Morgan fingerprint density at radius 1 is 0.872 bits per heavy atom. The Labute approximate surface area is 235 Å². The zero-order valence-corrected chi connectivity index (χ0v) is 25.0. The van der Waals surface area contributed by atoms with Gasteiger partial charge in [-0.05, 0) is 90.0 Å². The maximum absolute atomic E-state index is 11.9. The van der Waals surface area contributed by atoms with Crippen molar-refractivity contribution >= 4 is 12.1 Å². The number of hydrogen-bond donors (Lipinski definition) is 2. The van der Waals surface area contributed by atoms with E-state index in [4.69, 9.17) is 5.11 Å². The minimum atomic E-state index is -0.501. The maximum Gasteiger partial charge on any atom is 0.225 e. The van der Waals surface area contributed by atoms with E-state index < -0.39 is 5.78 Å². The molecule has 0 radical (unpaired) electrons.